The molecule has 7 nitrogen and oxygen atoms in total. The number of rotatable bonds is 16. The average Bonchev–Trinajstić information content (AvgIpc) is 2.59. The van der Waals surface area contributed by atoms with Crippen LogP contribution in [0.3, 0.4) is 0 Å². The van der Waals surface area contributed by atoms with E-state index < -0.39 is 0 Å². The molecule has 8 heteroatoms. The van der Waals surface area contributed by atoms with Crippen LogP contribution >= 0.6 is 0 Å². The van der Waals surface area contributed by atoms with Crippen molar-refractivity contribution >= 4 is 5.97 Å². The van der Waals surface area contributed by atoms with Crippen molar-refractivity contribution in [2.24, 2.45) is 5.73 Å². The van der Waals surface area contributed by atoms with Crippen molar-refractivity contribution in [1.82, 2.24) is 10.6 Å². The van der Waals surface area contributed by atoms with Crippen molar-refractivity contribution < 1.29 is 52.5 Å². The maximum Gasteiger partial charge on any atom is 0.307 e. The van der Waals surface area contributed by atoms with Gasteiger partial charge in [0.25, 0.3) is 0 Å². The van der Waals surface area contributed by atoms with E-state index in [1.165, 1.54) is 0 Å². The second-order valence-electron chi connectivity index (χ2n) is 5.33. The molecular weight excluding hydrogens is 399 g/mol. The van der Waals surface area contributed by atoms with Crippen molar-refractivity contribution in [3.63, 3.8) is 0 Å². The molecule has 0 atom stereocenters. The number of ether oxygens (including phenoxy) is 1. The summed E-state index contributed by atoms with van der Waals surface area (Å²) in [4.78, 5) is 11.1. The van der Waals surface area contributed by atoms with E-state index in [9.17, 15) is 4.79 Å². The minimum Gasteiger partial charge on any atom is -0.466 e. The van der Waals surface area contributed by atoms with E-state index in [1.54, 1.807) is 0 Å². The fourth-order valence-corrected chi connectivity index (χ4v) is 1.64. The standard InChI is InChI=1S/C11H23N2O2.C6H15NO2.Y/c1-2-3-10-15-11(14)6-9-13-8-5-4-7-12;8-5-2-1-3-7-4-6-9;/h13H,1-10,12H2;7-9H,1-6H2;/q-1;;. The summed E-state index contributed by atoms with van der Waals surface area (Å²) >= 11 is 0. The largest absolute Gasteiger partial charge is 0.466 e. The van der Waals surface area contributed by atoms with E-state index in [2.05, 4.69) is 17.6 Å². The fraction of sp³-hybridized carbons (Fsp3) is 0.882. The predicted octanol–water partition coefficient (Wildman–Crippen LogP) is 0.201. The molecular formula is C17H38N3O4Y-. The van der Waals surface area contributed by atoms with Crippen LogP contribution in [-0.2, 0) is 42.2 Å². The Balaban J connectivity index is -0.000000418. The zero-order valence-electron chi connectivity index (χ0n) is 15.7. The van der Waals surface area contributed by atoms with Crippen LogP contribution in [0, 0.1) is 6.92 Å². The van der Waals surface area contributed by atoms with Crippen LogP contribution in [0.15, 0.2) is 0 Å². The van der Waals surface area contributed by atoms with E-state index in [0.29, 0.717) is 26.1 Å². The molecule has 0 aromatic heterocycles. The Bertz CT molecular complexity index is 244. The number of aliphatic hydroxyl groups is 2. The van der Waals surface area contributed by atoms with Crippen molar-refractivity contribution in [2.75, 3.05) is 52.5 Å². The first-order valence-corrected chi connectivity index (χ1v) is 9.01. The number of hydrogen-bond acceptors (Lipinski definition) is 7. The molecule has 0 amide bonds. The molecule has 0 bridgehead atoms. The number of carbonyl (C=O) groups is 1. The maximum absolute atomic E-state index is 11.1. The summed E-state index contributed by atoms with van der Waals surface area (Å²) in [5.41, 5.74) is 5.35. The molecule has 6 N–H and O–H groups in total. The molecule has 149 valence electrons. The second kappa shape index (κ2) is 29.1. The molecule has 25 heavy (non-hydrogen) atoms. The molecule has 0 unspecified atom stereocenters. The third kappa shape index (κ3) is 32.5. The van der Waals surface area contributed by atoms with E-state index in [-0.39, 0.29) is 51.9 Å². The number of nitrogens with one attached hydrogen (secondary N) is 2. The molecule has 1 radical (unpaired) electrons. The van der Waals surface area contributed by atoms with Crippen LogP contribution in [-0.4, -0.2) is 68.7 Å². The summed E-state index contributed by atoms with van der Waals surface area (Å²) in [6, 6.07) is 0. The van der Waals surface area contributed by atoms with Gasteiger partial charge in [-0.25, -0.2) is 0 Å². The summed E-state index contributed by atoms with van der Waals surface area (Å²) in [5, 5.41) is 22.8. The molecule has 0 aliphatic rings. The van der Waals surface area contributed by atoms with Crippen LogP contribution in [0.5, 0.6) is 0 Å². The third-order valence-electron chi connectivity index (χ3n) is 3.02. The molecule has 0 fully saturated rings. The third-order valence-corrected chi connectivity index (χ3v) is 3.02. The van der Waals surface area contributed by atoms with Gasteiger partial charge in [0, 0.05) is 52.4 Å². The number of unbranched alkanes of at least 4 members (excludes halogenated alkanes) is 3. The van der Waals surface area contributed by atoms with Gasteiger partial charge in [-0.05, 0) is 51.7 Å². The SMILES string of the molecule is OCCCCNCCO.[CH2-]CCCOC(=O)CCNCCCCN.[Y]. The maximum atomic E-state index is 11.1. The average molecular weight is 437 g/mol. The van der Waals surface area contributed by atoms with Crippen molar-refractivity contribution in [3.8, 4) is 0 Å². The number of esters is 1. The molecule has 0 aliphatic heterocycles. The molecule has 0 saturated carbocycles. The molecule has 0 spiro atoms. The molecule has 0 saturated heterocycles. The first-order valence-electron chi connectivity index (χ1n) is 9.01. The molecule has 0 aromatic rings. The van der Waals surface area contributed by atoms with Gasteiger partial charge in [-0.3, -0.25) is 4.79 Å². The Labute approximate surface area is 178 Å². The Morgan fingerprint density at radius 1 is 0.920 bits per heavy atom. The Morgan fingerprint density at radius 3 is 2.12 bits per heavy atom. The zero-order valence-corrected chi connectivity index (χ0v) is 18.5. The first kappa shape index (κ1) is 30.1. The summed E-state index contributed by atoms with van der Waals surface area (Å²) < 4.78 is 4.97. The topological polar surface area (TPSA) is 117 Å². The van der Waals surface area contributed by atoms with Gasteiger partial charge in [-0.15, -0.1) is 0 Å². The first-order chi connectivity index (χ1) is 11.7. The van der Waals surface area contributed by atoms with Crippen molar-refractivity contribution in [1.29, 1.82) is 0 Å². The van der Waals surface area contributed by atoms with Gasteiger partial charge >= 0.3 is 5.97 Å². The fourth-order valence-electron chi connectivity index (χ4n) is 1.64. The summed E-state index contributed by atoms with van der Waals surface area (Å²) in [7, 11) is 0. The van der Waals surface area contributed by atoms with Crippen molar-refractivity contribution in [2.45, 2.75) is 44.9 Å². The van der Waals surface area contributed by atoms with Crippen LogP contribution < -0.4 is 16.4 Å². The Kier molecular flexibility index (Phi) is 35.1. The Morgan fingerprint density at radius 2 is 1.56 bits per heavy atom. The number of hydrogen-bond donors (Lipinski definition) is 5. The van der Waals surface area contributed by atoms with Crippen LogP contribution in [0.25, 0.3) is 0 Å². The number of carbonyl (C=O) groups excluding carboxylic acids is 1. The predicted molar refractivity (Wildman–Crippen MR) is 97.6 cm³/mol. The number of nitrogens with two attached hydrogens (primary N) is 1. The van der Waals surface area contributed by atoms with Crippen LogP contribution in [0.4, 0.5) is 0 Å². The molecule has 0 aromatic carbocycles. The smallest absolute Gasteiger partial charge is 0.307 e. The minimum absolute atomic E-state index is 0. The monoisotopic (exact) mass is 437 g/mol. The quantitative estimate of drug-likeness (QED) is 0.133. The number of aliphatic hydroxyl groups excluding tert-OH is 2. The van der Waals surface area contributed by atoms with Gasteiger partial charge < -0.3 is 38.2 Å². The van der Waals surface area contributed by atoms with Crippen molar-refractivity contribution in [3.05, 3.63) is 6.92 Å². The minimum atomic E-state index is -0.130. The van der Waals surface area contributed by atoms with Gasteiger partial charge in [-0.1, -0.05) is 0 Å². The summed E-state index contributed by atoms with van der Waals surface area (Å²) in [6.07, 6.45) is 6.02. The van der Waals surface area contributed by atoms with Crippen LogP contribution in [0.1, 0.15) is 44.9 Å². The van der Waals surface area contributed by atoms with E-state index in [0.717, 1.165) is 58.2 Å². The van der Waals surface area contributed by atoms with Gasteiger partial charge in [-0.2, -0.15) is 6.42 Å². The van der Waals surface area contributed by atoms with Gasteiger partial charge in [0.05, 0.1) is 19.6 Å². The van der Waals surface area contributed by atoms with E-state index in [1.807, 2.05) is 0 Å². The zero-order chi connectivity index (χ0) is 18.3. The van der Waals surface area contributed by atoms with Gasteiger partial charge in [0.2, 0.25) is 0 Å². The van der Waals surface area contributed by atoms with Crippen LogP contribution in [0.2, 0.25) is 0 Å². The summed E-state index contributed by atoms with van der Waals surface area (Å²) in [6.45, 7) is 8.51. The van der Waals surface area contributed by atoms with Gasteiger partial charge in [0.1, 0.15) is 0 Å². The Hall–Kier alpha value is 0.374. The second-order valence-corrected chi connectivity index (χ2v) is 5.33. The van der Waals surface area contributed by atoms with E-state index in [4.69, 9.17) is 20.7 Å². The van der Waals surface area contributed by atoms with Gasteiger partial charge in [0.15, 0.2) is 0 Å². The molecule has 0 aliphatic carbocycles. The molecule has 0 heterocycles. The molecule has 0 rings (SSSR count). The normalized spacial score (nSPS) is 9.76. The van der Waals surface area contributed by atoms with E-state index >= 15 is 0 Å². The summed E-state index contributed by atoms with van der Waals surface area (Å²) in [5.74, 6) is -0.130.